The second-order valence-electron chi connectivity index (χ2n) is 4.68. The summed E-state index contributed by atoms with van der Waals surface area (Å²) in [7, 11) is 0. The molecule has 2 unspecified atom stereocenters. The third-order valence-electron chi connectivity index (χ3n) is 3.61. The number of fused-ring (bicyclic) bond motifs is 3. The molecule has 0 aromatic heterocycles. The number of benzene rings is 1. The molecule has 78 valence electrons. The highest BCUT2D eigenvalue weighted by atomic mass is 16.1. The van der Waals surface area contributed by atoms with Crippen molar-refractivity contribution in [3.63, 3.8) is 0 Å². The molecule has 2 atom stereocenters. The minimum absolute atomic E-state index is 0.0653. The summed E-state index contributed by atoms with van der Waals surface area (Å²) in [6.07, 6.45) is 2.95. The number of carbonyl (C=O) groups excluding carboxylic acids is 1. The van der Waals surface area contributed by atoms with E-state index in [9.17, 15) is 4.79 Å². The van der Waals surface area contributed by atoms with Crippen LogP contribution < -0.4 is 5.32 Å². The quantitative estimate of drug-likeness (QED) is 0.699. The summed E-state index contributed by atoms with van der Waals surface area (Å²) in [6, 6.07) is 6.51. The maximum absolute atomic E-state index is 11.8. The highest BCUT2D eigenvalue weighted by Crippen LogP contribution is 2.42. The highest BCUT2D eigenvalue weighted by molar-refractivity contribution is 5.91. The van der Waals surface area contributed by atoms with Crippen LogP contribution in [0.1, 0.15) is 36.3 Å². The van der Waals surface area contributed by atoms with Crippen molar-refractivity contribution in [1.29, 1.82) is 0 Å². The van der Waals surface area contributed by atoms with Crippen LogP contribution in [0.4, 0.5) is 5.69 Å². The molecule has 1 saturated carbocycles. The molecule has 0 spiro atoms. The van der Waals surface area contributed by atoms with Gasteiger partial charge in [-0.3, -0.25) is 4.79 Å². The van der Waals surface area contributed by atoms with Crippen LogP contribution in [0.15, 0.2) is 18.2 Å². The molecule has 1 N–H and O–H groups in total. The predicted octanol–water partition coefficient (Wildman–Crippen LogP) is 2.63. The number of anilines is 1. The van der Waals surface area contributed by atoms with Crippen molar-refractivity contribution in [2.45, 2.75) is 38.1 Å². The lowest BCUT2D eigenvalue weighted by atomic mass is 9.82. The van der Waals surface area contributed by atoms with E-state index in [1.165, 1.54) is 16.8 Å². The van der Waals surface area contributed by atoms with Gasteiger partial charge in [0.05, 0.1) is 6.04 Å². The summed E-state index contributed by atoms with van der Waals surface area (Å²) in [5, 5.41) is 3.36. The van der Waals surface area contributed by atoms with Crippen molar-refractivity contribution in [2.24, 2.45) is 0 Å². The number of hydrogen-bond donors (Lipinski definition) is 1. The molecule has 0 amide bonds. The molecule has 1 aromatic carbocycles. The number of rotatable bonds is 0. The van der Waals surface area contributed by atoms with Gasteiger partial charge in [-0.2, -0.15) is 0 Å². The zero-order valence-corrected chi connectivity index (χ0v) is 8.92. The smallest absolute Gasteiger partial charge is 0.155 e. The number of nitrogens with one attached hydrogen (secondary N) is 1. The highest BCUT2D eigenvalue weighted by Gasteiger charge is 2.38. The Labute approximate surface area is 89.7 Å². The number of Topliss-reactive ketones (excluding diaryl/α,β-unsaturated/α-hetero) is 1. The average Bonchev–Trinajstić information content (AvgIpc) is 2.58. The van der Waals surface area contributed by atoms with Gasteiger partial charge < -0.3 is 5.32 Å². The Morgan fingerprint density at radius 3 is 3.13 bits per heavy atom. The minimum Gasteiger partial charge on any atom is -0.375 e. The predicted molar refractivity (Wildman–Crippen MR) is 60.2 cm³/mol. The lowest BCUT2D eigenvalue weighted by Crippen LogP contribution is -2.33. The number of aryl methyl sites for hydroxylation is 1. The fourth-order valence-corrected chi connectivity index (χ4v) is 2.85. The molecule has 3 rings (SSSR count). The van der Waals surface area contributed by atoms with Gasteiger partial charge in [-0.15, -0.1) is 0 Å². The summed E-state index contributed by atoms with van der Waals surface area (Å²) in [5.41, 5.74) is 3.81. The monoisotopic (exact) mass is 201 g/mol. The molecule has 1 aromatic rings. The van der Waals surface area contributed by atoms with E-state index in [0.29, 0.717) is 11.7 Å². The standard InChI is InChI=1S/C13H15NO/c1-8-5-6-11-10(7-8)9-3-2-4-12(15)13(9)14-11/h5-7,9,13-14H,2-4H2,1H3. The van der Waals surface area contributed by atoms with Gasteiger partial charge in [0.25, 0.3) is 0 Å². The topological polar surface area (TPSA) is 29.1 Å². The largest absolute Gasteiger partial charge is 0.375 e. The Morgan fingerprint density at radius 1 is 1.40 bits per heavy atom. The molecule has 2 nitrogen and oxygen atoms in total. The van der Waals surface area contributed by atoms with Gasteiger partial charge >= 0.3 is 0 Å². The molecular formula is C13H15NO. The van der Waals surface area contributed by atoms with Crippen molar-refractivity contribution < 1.29 is 4.79 Å². The summed E-state index contributed by atoms with van der Waals surface area (Å²) < 4.78 is 0. The third-order valence-corrected chi connectivity index (χ3v) is 3.61. The van der Waals surface area contributed by atoms with Gasteiger partial charge in [-0.1, -0.05) is 17.7 Å². The zero-order chi connectivity index (χ0) is 10.4. The van der Waals surface area contributed by atoms with Crippen LogP contribution in [0.5, 0.6) is 0 Å². The first-order chi connectivity index (χ1) is 7.25. The normalized spacial score (nSPS) is 28.2. The molecule has 1 aliphatic carbocycles. The third kappa shape index (κ3) is 1.28. The molecule has 2 heteroatoms. The van der Waals surface area contributed by atoms with E-state index in [0.717, 1.165) is 19.3 Å². The van der Waals surface area contributed by atoms with Crippen LogP contribution >= 0.6 is 0 Å². The maximum Gasteiger partial charge on any atom is 0.155 e. The van der Waals surface area contributed by atoms with E-state index in [1.54, 1.807) is 0 Å². The molecule has 0 saturated heterocycles. The molecule has 15 heavy (non-hydrogen) atoms. The lowest BCUT2D eigenvalue weighted by molar-refractivity contribution is -0.121. The number of ketones is 1. The van der Waals surface area contributed by atoms with Crippen molar-refractivity contribution in [3.05, 3.63) is 29.3 Å². The van der Waals surface area contributed by atoms with Crippen molar-refractivity contribution in [2.75, 3.05) is 5.32 Å². The molecule has 1 heterocycles. The van der Waals surface area contributed by atoms with Gasteiger partial charge in [0.1, 0.15) is 0 Å². The first-order valence-electron chi connectivity index (χ1n) is 5.65. The SMILES string of the molecule is Cc1ccc2c(c1)C1CCCC(=O)C1N2. The van der Waals surface area contributed by atoms with Crippen LogP contribution in [0.25, 0.3) is 0 Å². The lowest BCUT2D eigenvalue weighted by Gasteiger charge is -2.24. The fraction of sp³-hybridized carbons (Fsp3) is 0.462. The van der Waals surface area contributed by atoms with E-state index >= 15 is 0 Å². The van der Waals surface area contributed by atoms with Gasteiger partial charge in [-0.25, -0.2) is 0 Å². The van der Waals surface area contributed by atoms with Crippen LogP contribution in [-0.4, -0.2) is 11.8 Å². The van der Waals surface area contributed by atoms with Crippen LogP contribution in [-0.2, 0) is 4.79 Å². The van der Waals surface area contributed by atoms with Crippen LogP contribution in [0.2, 0.25) is 0 Å². The van der Waals surface area contributed by atoms with Gasteiger partial charge in [0.15, 0.2) is 5.78 Å². The van der Waals surface area contributed by atoms with E-state index in [-0.39, 0.29) is 6.04 Å². The Morgan fingerprint density at radius 2 is 2.27 bits per heavy atom. The van der Waals surface area contributed by atoms with Crippen molar-refractivity contribution in [1.82, 2.24) is 0 Å². The number of hydrogen-bond acceptors (Lipinski definition) is 2. The summed E-state index contributed by atoms with van der Waals surface area (Å²) >= 11 is 0. The maximum atomic E-state index is 11.8. The Kier molecular flexibility index (Phi) is 1.84. The first-order valence-corrected chi connectivity index (χ1v) is 5.65. The Balaban J connectivity index is 2.05. The average molecular weight is 201 g/mol. The molecule has 1 fully saturated rings. The second-order valence-corrected chi connectivity index (χ2v) is 4.68. The van der Waals surface area contributed by atoms with Gasteiger partial charge in [-0.05, 0) is 31.4 Å². The summed E-state index contributed by atoms with van der Waals surface area (Å²) in [4.78, 5) is 11.8. The van der Waals surface area contributed by atoms with Crippen molar-refractivity contribution in [3.8, 4) is 0 Å². The molecule has 0 radical (unpaired) electrons. The summed E-state index contributed by atoms with van der Waals surface area (Å²) in [6.45, 7) is 2.11. The number of carbonyl (C=O) groups is 1. The molecule has 0 bridgehead atoms. The van der Waals surface area contributed by atoms with Crippen LogP contribution in [0.3, 0.4) is 0 Å². The van der Waals surface area contributed by atoms with E-state index in [2.05, 4.69) is 30.4 Å². The van der Waals surface area contributed by atoms with Crippen LogP contribution in [0, 0.1) is 6.92 Å². The second kappa shape index (κ2) is 3.09. The van der Waals surface area contributed by atoms with E-state index in [4.69, 9.17) is 0 Å². The van der Waals surface area contributed by atoms with E-state index in [1.807, 2.05) is 0 Å². The minimum atomic E-state index is 0.0653. The van der Waals surface area contributed by atoms with Gasteiger partial charge in [0.2, 0.25) is 0 Å². The van der Waals surface area contributed by atoms with E-state index < -0.39 is 0 Å². The fourth-order valence-electron chi connectivity index (χ4n) is 2.85. The molecule has 1 aliphatic heterocycles. The van der Waals surface area contributed by atoms with Gasteiger partial charge in [0, 0.05) is 18.0 Å². The zero-order valence-electron chi connectivity index (χ0n) is 8.92. The Bertz CT molecular complexity index is 425. The first kappa shape index (κ1) is 8.96. The molecular weight excluding hydrogens is 186 g/mol. The summed E-state index contributed by atoms with van der Waals surface area (Å²) in [5.74, 6) is 0.821. The van der Waals surface area contributed by atoms with Crippen molar-refractivity contribution >= 4 is 11.5 Å². The Hall–Kier alpha value is -1.31. The molecule has 2 aliphatic rings.